The van der Waals surface area contributed by atoms with Crippen LogP contribution in [-0.4, -0.2) is 75.7 Å². The highest BCUT2D eigenvalue weighted by atomic mass is 35.5. The van der Waals surface area contributed by atoms with Crippen LogP contribution in [0.1, 0.15) is 19.3 Å². The second-order valence-electron chi connectivity index (χ2n) is 8.21. The highest BCUT2D eigenvalue weighted by Crippen LogP contribution is 2.26. The number of carbonyl (C=O) groups is 2. The first-order chi connectivity index (χ1) is 14.3. The summed E-state index contributed by atoms with van der Waals surface area (Å²) < 4.78 is 13.3. The maximum absolute atomic E-state index is 13.3. The summed E-state index contributed by atoms with van der Waals surface area (Å²) >= 11 is 6.04. The van der Waals surface area contributed by atoms with Gasteiger partial charge < -0.3 is 4.90 Å². The molecule has 2 aromatic carbocycles. The van der Waals surface area contributed by atoms with Gasteiger partial charge in [0.2, 0.25) is 11.8 Å². The van der Waals surface area contributed by atoms with Gasteiger partial charge in [0, 0.05) is 61.2 Å². The third-order valence-corrected chi connectivity index (χ3v) is 8.77. The van der Waals surface area contributed by atoms with Gasteiger partial charge in [-0.05, 0) is 47.7 Å². The number of amides is 2. The van der Waals surface area contributed by atoms with Gasteiger partial charge in [-0.15, -0.1) is 0 Å². The molecule has 6 nitrogen and oxygen atoms in total. The quantitative estimate of drug-likeness (QED) is 0.713. The van der Waals surface area contributed by atoms with Crippen LogP contribution in [0.4, 0.5) is 0 Å². The van der Waals surface area contributed by atoms with Crippen LogP contribution in [0.15, 0.2) is 41.3 Å². The summed E-state index contributed by atoms with van der Waals surface area (Å²) in [5, 5.41) is 6.57. The first kappa shape index (κ1) is 21.3. The van der Waals surface area contributed by atoms with Crippen LogP contribution in [-0.2, 0) is 19.5 Å². The van der Waals surface area contributed by atoms with Crippen LogP contribution in [0.2, 0.25) is 5.02 Å². The van der Waals surface area contributed by atoms with E-state index < -0.39 is 9.93 Å². The largest absolute Gasteiger partial charge is 0.340 e. The van der Waals surface area contributed by atoms with Gasteiger partial charge in [0.1, 0.15) is 0 Å². The lowest BCUT2D eigenvalue weighted by atomic mass is 10.1. The van der Waals surface area contributed by atoms with Crippen molar-refractivity contribution in [3.05, 3.63) is 41.4 Å². The van der Waals surface area contributed by atoms with Gasteiger partial charge in [-0.1, -0.05) is 33.7 Å². The van der Waals surface area contributed by atoms with Crippen molar-refractivity contribution in [3.8, 4) is 0 Å². The second-order valence-corrected chi connectivity index (χ2v) is 11.8. The van der Waals surface area contributed by atoms with Crippen molar-refractivity contribution in [1.29, 1.82) is 0 Å². The number of hydrogen-bond donors (Lipinski definition) is 1. The molecule has 0 radical (unpaired) electrons. The molecule has 4 rings (SSSR count). The van der Waals surface area contributed by atoms with E-state index in [2.05, 4.69) is 5.01 Å². The molecule has 2 aliphatic heterocycles. The first-order valence-corrected chi connectivity index (χ1v) is 13.1. The van der Waals surface area contributed by atoms with Crippen molar-refractivity contribution in [1.82, 2.24) is 14.9 Å². The lowest BCUT2D eigenvalue weighted by Crippen LogP contribution is -2.55. The Morgan fingerprint density at radius 2 is 1.73 bits per heavy atom. The number of rotatable bonds is 5. The summed E-state index contributed by atoms with van der Waals surface area (Å²) in [6.07, 6.45) is 3.56. The van der Waals surface area contributed by atoms with Crippen LogP contribution >= 0.6 is 11.6 Å². The second kappa shape index (κ2) is 8.65. The van der Waals surface area contributed by atoms with Gasteiger partial charge in [-0.25, -0.2) is 5.01 Å². The fraction of sp³-hybridized carbons (Fsp3) is 0.455. The third-order valence-electron chi connectivity index (χ3n) is 6.08. The zero-order chi connectivity index (χ0) is 21.3. The van der Waals surface area contributed by atoms with E-state index in [-0.39, 0.29) is 18.2 Å². The maximum Gasteiger partial charge on any atom is 0.236 e. The summed E-state index contributed by atoms with van der Waals surface area (Å²) in [5.41, 5.74) is 0. The van der Waals surface area contributed by atoms with Gasteiger partial charge in [0.05, 0.1) is 0 Å². The fourth-order valence-corrected chi connectivity index (χ4v) is 6.07. The van der Waals surface area contributed by atoms with Crippen molar-refractivity contribution in [2.24, 2.45) is 0 Å². The number of thiol groups is 1. The average Bonchev–Trinajstić information content (AvgIpc) is 3.17. The molecule has 0 spiro atoms. The predicted molar refractivity (Wildman–Crippen MR) is 121 cm³/mol. The molecular formula is C22H28ClN3O3S. The molecule has 162 valence electrons. The van der Waals surface area contributed by atoms with E-state index in [0.717, 1.165) is 28.6 Å². The predicted octanol–water partition coefficient (Wildman–Crippen LogP) is 2.57. The van der Waals surface area contributed by atoms with Crippen molar-refractivity contribution < 1.29 is 13.8 Å². The zero-order valence-corrected chi connectivity index (χ0v) is 18.9. The maximum atomic E-state index is 13.3. The number of hydrogen-bond acceptors (Lipinski definition) is 4. The number of nitrogens with zero attached hydrogens (tertiary/aromatic N) is 3. The molecule has 2 amide bonds. The van der Waals surface area contributed by atoms with Gasteiger partial charge in [0.15, 0.2) is 0 Å². The smallest absolute Gasteiger partial charge is 0.236 e. The molecule has 2 saturated heterocycles. The van der Waals surface area contributed by atoms with Crippen molar-refractivity contribution in [3.63, 3.8) is 0 Å². The molecule has 0 aliphatic carbocycles. The Hall–Kier alpha value is -1.96. The molecule has 0 aromatic heterocycles. The molecule has 2 fully saturated rings. The zero-order valence-electron chi connectivity index (χ0n) is 17.2. The Kier molecular flexibility index (Phi) is 6.14. The molecule has 2 heterocycles. The number of hydrazine groups is 1. The summed E-state index contributed by atoms with van der Waals surface area (Å²) in [5.74, 6) is 0.576. The molecule has 0 unspecified atom stereocenters. The number of fused-ring (bicyclic) bond motifs is 1. The lowest BCUT2D eigenvalue weighted by molar-refractivity contribution is -0.149. The topological polar surface area (TPSA) is 60.9 Å². The van der Waals surface area contributed by atoms with Crippen LogP contribution in [0.3, 0.4) is 0 Å². The van der Waals surface area contributed by atoms with E-state index in [1.807, 2.05) is 46.3 Å². The van der Waals surface area contributed by atoms with Crippen molar-refractivity contribution in [2.75, 3.05) is 44.7 Å². The monoisotopic (exact) mass is 449 g/mol. The van der Waals surface area contributed by atoms with E-state index in [4.69, 9.17) is 11.6 Å². The minimum atomic E-state index is -2.65. The Morgan fingerprint density at radius 1 is 1.03 bits per heavy atom. The minimum Gasteiger partial charge on any atom is -0.340 e. The summed E-state index contributed by atoms with van der Waals surface area (Å²) in [4.78, 5) is 27.2. The SMILES string of the molecule is C[SH](=O)(CCC(=O)N1CCN(N2CCCC2=O)CC1)c1ccc2cc(Cl)ccc2c1. The van der Waals surface area contributed by atoms with Gasteiger partial charge >= 0.3 is 0 Å². The lowest BCUT2D eigenvalue weighted by Gasteiger charge is -2.39. The fourth-order valence-electron chi connectivity index (χ4n) is 4.21. The highest BCUT2D eigenvalue weighted by Gasteiger charge is 2.30. The molecule has 0 atom stereocenters. The number of carbonyl (C=O) groups excluding carboxylic acids is 2. The Labute approximate surface area is 183 Å². The van der Waals surface area contributed by atoms with Gasteiger partial charge in [-0.3, -0.25) is 18.8 Å². The third kappa shape index (κ3) is 4.53. The van der Waals surface area contributed by atoms with E-state index in [0.29, 0.717) is 43.4 Å². The first-order valence-electron chi connectivity index (χ1n) is 10.4. The number of halogens is 1. The van der Waals surface area contributed by atoms with E-state index in [1.165, 1.54) is 0 Å². The molecule has 0 N–H and O–H groups in total. The average molecular weight is 450 g/mol. The van der Waals surface area contributed by atoms with E-state index >= 15 is 0 Å². The van der Waals surface area contributed by atoms with E-state index in [1.54, 1.807) is 6.26 Å². The molecule has 2 aromatic rings. The highest BCUT2D eigenvalue weighted by molar-refractivity contribution is 8.02. The van der Waals surface area contributed by atoms with Gasteiger partial charge in [-0.2, -0.15) is 0 Å². The molecule has 30 heavy (non-hydrogen) atoms. The Balaban J connectivity index is 1.33. The minimum absolute atomic E-state index is 0.0389. The van der Waals surface area contributed by atoms with Gasteiger partial charge in [0.25, 0.3) is 0 Å². The number of benzene rings is 2. The number of piperazine rings is 1. The Bertz CT molecular complexity index is 1020. The van der Waals surface area contributed by atoms with Crippen molar-refractivity contribution in [2.45, 2.75) is 24.2 Å². The van der Waals surface area contributed by atoms with Crippen molar-refractivity contribution >= 4 is 44.1 Å². The molecule has 8 heteroatoms. The summed E-state index contributed by atoms with van der Waals surface area (Å²) in [7, 11) is -2.65. The standard InChI is InChI=1S/C22H28ClN3O3S/c1-30(29,20-7-5-17-15-19(23)6-4-18(17)16-20)14-8-21(27)24-10-12-25(13-11-24)26-9-2-3-22(26)28/h4-7,15-16,30H,2-3,8-14H2,1H3. The van der Waals surface area contributed by atoms with Crippen LogP contribution < -0.4 is 0 Å². The van der Waals surface area contributed by atoms with E-state index in [9.17, 15) is 13.8 Å². The normalized spacial score (nSPS) is 18.9. The van der Waals surface area contributed by atoms with Crippen LogP contribution in [0, 0.1) is 0 Å². The van der Waals surface area contributed by atoms with Crippen LogP contribution in [0.25, 0.3) is 10.8 Å². The molecule has 0 bridgehead atoms. The van der Waals surface area contributed by atoms with Crippen LogP contribution in [0.5, 0.6) is 0 Å². The summed E-state index contributed by atoms with van der Waals surface area (Å²) in [6.45, 7) is 3.34. The Morgan fingerprint density at radius 3 is 2.43 bits per heavy atom. The molecule has 2 aliphatic rings. The molecule has 0 saturated carbocycles. The summed E-state index contributed by atoms with van der Waals surface area (Å²) in [6, 6.07) is 11.4. The molecular weight excluding hydrogens is 422 g/mol.